The number of rotatable bonds is 6. The lowest BCUT2D eigenvalue weighted by molar-refractivity contribution is -0.136. The van der Waals surface area contributed by atoms with Gasteiger partial charge in [-0.05, 0) is 18.2 Å². The third-order valence-corrected chi connectivity index (χ3v) is 3.97. The van der Waals surface area contributed by atoms with E-state index in [-0.39, 0.29) is 12.3 Å². The number of aliphatic hydroxyl groups is 1. The van der Waals surface area contributed by atoms with Gasteiger partial charge in [0, 0.05) is 17.3 Å². The molecule has 0 spiro atoms. The van der Waals surface area contributed by atoms with Crippen LogP contribution in [0.5, 0.6) is 11.5 Å². The maximum absolute atomic E-state index is 10.7. The predicted octanol–water partition coefficient (Wildman–Crippen LogP) is 0.597. The lowest BCUT2D eigenvalue weighted by Crippen LogP contribution is -2.19. The molecule has 3 N–H and O–H groups in total. The zero-order chi connectivity index (χ0) is 16.8. The number of carbonyl (C=O) groups is 1. The number of amidine groups is 1. The van der Waals surface area contributed by atoms with E-state index in [0.717, 1.165) is 17.3 Å². The van der Waals surface area contributed by atoms with Crippen molar-refractivity contribution < 1.29 is 24.5 Å². The van der Waals surface area contributed by atoms with Crippen molar-refractivity contribution in [2.24, 2.45) is 5.10 Å². The average Bonchev–Trinajstić information content (AvgIpc) is 2.86. The van der Waals surface area contributed by atoms with Crippen molar-refractivity contribution in [1.29, 1.82) is 0 Å². The van der Waals surface area contributed by atoms with Gasteiger partial charge in [-0.25, -0.2) is 0 Å². The minimum Gasteiger partial charge on any atom is -0.493 e. The van der Waals surface area contributed by atoms with Gasteiger partial charge in [0.1, 0.15) is 5.25 Å². The predicted molar refractivity (Wildman–Crippen MR) is 88.7 cm³/mol. The molecule has 1 unspecified atom stereocenters. The molecule has 9 heteroatoms. The van der Waals surface area contributed by atoms with Crippen molar-refractivity contribution >= 4 is 35.0 Å². The Hall–Kier alpha value is -2.64. The van der Waals surface area contributed by atoms with Crippen molar-refractivity contribution in [2.75, 3.05) is 14.2 Å². The normalized spacial score (nSPS) is 16.9. The third kappa shape index (κ3) is 4.41. The van der Waals surface area contributed by atoms with E-state index in [1.807, 2.05) is 0 Å². The second kappa shape index (κ2) is 7.57. The fourth-order valence-electron chi connectivity index (χ4n) is 1.83. The van der Waals surface area contributed by atoms with Crippen LogP contribution in [-0.4, -0.2) is 52.9 Å². The maximum atomic E-state index is 10.7. The number of nitrogens with one attached hydrogen (secondary N) is 1. The number of carboxylic acids is 1. The smallest absolute Gasteiger partial charge is 0.434 e. The number of hydrogen-bond acceptors (Lipinski definition) is 6. The van der Waals surface area contributed by atoms with E-state index in [0.29, 0.717) is 16.7 Å². The Morgan fingerprint density at radius 2 is 2.17 bits per heavy atom. The summed E-state index contributed by atoms with van der Waals surface area (Å²) < 4.78 is 14.2. The van der Waals surface area contributed by atoms with Gasteiger partial charge in [-0.1, -0.05) is 5.10 Å². The van der Waals surface area contributed by atoms with Crippen LogP contribution in [0.25, 0.3) is 0 Å². The van der Waals surface area contributed by atoms with Crippen LogP contribution in [0.4, 0.5) is 0 Å². The highest BCUT2D eigenvalue weighted by Crippen LogP contribution is 2.26. The van der Waals surface area contributed by atoms with Gasteiger partial charge in [-0.15, -0.1) is 5.43 Å². The first-order valence-corrected chi connectivity index (χ1v) is 7.45. The molecule has 0 aliphatic carbocycles. The number of aliphatic carboxylic acids is 1. The highest BCUT2D eigenvalue weighted by Gasteiger charge is 2.35. The molecule has 1 aromatic rings. The molecular weight excluding hydrogens is 322 g/mol. The van der Waals surface area contributed by atoms with E-state index in [2.05, 4.69) is 15.2 Å². The van der Waals surface area contributed by atoms with Gasteiger partial charge in [-0.3, -0.25) is 4.79 Å². The molecule has 0 amide bonds. The molecule has 0 radical (unpaired) electrons. The van der Waals surface area contributed by atoms with Crippen molar-refractivity contribution in [2.45, 2.75) is 11.7 Å². The van der Waals surface area contributed by atoms with E-state index in [1.54, 1.807) is 38.6 Å². The summed E-state index contributed by atoms with van der Waals surface area (Å²) in [5.41, 5.74) is 3.44. The Kier molecular flexibility index (Phi) is 5.51. The summed E-state index contributed by atoms with van der Waals surface area (Å²) in [5.74, 6) is -0.0264. The SMILES string of the molecule is COc1ccc(/C=N/NC2=[N+]=C(O)C(CC(=O)O)S2)cc1OC. The molecule has 0 saturated carbocycles. The van der Waals surface area contributed by atoms with Crippen LogP contribution in [0.2, 0.25) is 0 Å². The van der Waals surface area contributed by atoms with Gasteiger partial charge in [-0.2, -0.15) is 4.67 Å². The average molecular weight is 338 g/mol. The molecule has 2 rings (SSSR count). The molecule has 23 heavy (non-hydrogen) atoms. The van der Waals surface area contributed by atoms with Crippen LogP contribution in [0.3, 0.4) is 0 Å². The number of thioether (sulfide) groups is 1. The Morgan fingerprint density at radius 1 is 1.43 bits per heavy atom. The standard InChI is InChI=1S/C14H15N3O5S/c1-21-9-4-3-8(5-10(9)22-2)7-15-17-14-16-13(20)11(23-14)6-12(18)19/h3-5,7,11H,6H2,1-2H3,(H2,16,17,18,19,20)/p+1/b15-7+. The highest BCUT2D eigenvalue weighted by atomic mass is 32.2. The fourth-order valence-corrected chi connectivity index (χ4v) is 2.73. The van der Waals surface area contributed by atoms with Gasteiger partial charge in [0.15, 0.2) is 11.5 Å². The Bertz CT molecular complexity index is 698. The molecule has 1 heterocycles. The minimum atomic E-state index is -1.00. The van der Waals surface area contributed by atoms with Crippen LogP contribution in [0.15, 0.2) is 23.3 Å². The Labute approximate surface area is 136 Å². The molecule has 0 fully saturated rings. The number of carboxylic acid groups (broad SMARTS) is 1. The summed E-state index contributed by atoms with van der Waals surface area (Å²) in [6.45, 7) is 0. The van der Waals surface area contributed by atoms with E-state index < -0.39 is 11.2 Å². The summed E-state index contributed by atoms with van der Waals surface area (Å²) in [6, 6.07) is 5.31. The summed E-state index contributed by atoms with van der Waals surface area (Å²) in [6.07, 6.45) is 1.34. The van der Waals surface area contributed by atoms with Gasteiger partial charge >= 0.3 is 17.0 Å². The van der Waals surface area contributed by atoms with Crippen molar-refractivity contribution in [3.05, 3.63) is 23.8 Å². The first kappa shape index (κ1) is 16.7. The van der Waals surface area contributed by atoms with E-state index in [1.165, 1.54) is 0 Å². The van der Waals surface area contributed by atoms with Crippen LogP contribution >= 0.6 is 11.8 Å². The maximum Gasteiger partial charge on any atom is 0.434 e. The summed E-state index contributed by atoms with van der Waals surface area (Å²) in [4.78, 5) is 10.7. The number of nitrogens with zero attached hydrogens (tertiary/aromatic N) is 2. The molecule has 8 nitrogen and oxygen atoms in total. The zero-order valence-corrected chi connectivity index (χ0v) is 13.3. The molecular formula is C14H16N3O5S+. The first-order valence-electron chi connectivity index (χ1n) is 6.57. The number of benzene rings is 1. The largest absolute Gasteiger partial charge is 0.493 e. The first-order chi connectivity index (χ1) is 11.0. The summed E-state index contributed by atoms with van der Waals surface area (Å²) in [7, 11) is 3.10. The van der Waals surface area contributed by atoms with Crippen LogP contribution in [-0.2, 0) is 4.79 Å². The number of hydrogen-bond donors (Lipinski definition) is 3. The van der Waals surface area contributed by atoms with E-state index in [4.69, 9.17) is 14.6 Å². The van der Waals surface area contributed by atoms with Crippen molar-refractivity contribution in [3.63, 3.8) is 0 Å². The fraction of sp³-hybridized carbons (Fsp3) is 0.286. The van der Waals surface area contributed by atoms with Gasteiger partial charge < -0.3 is 19.7 Å². The summed E-state index contributed by atoms with van der Waals surface area (Å²) in [5, 5.41) is 22.1. The van der Waals surface area contributed by atoms with Gasteiger partial charge in [0.05, 0.1) is 26.9 Å². The van der Waals surface area contributed by atoms with Crippen LogP contribution in [0, 0.1) is 0 Å². The second-order valence-electron chi connectivity index (χ2n) is 4.46. The van der Waals surface area contributed by atoms with Gasteiger partial charge in [0.2, 0.25) is 0 Å². The lowest BCUT2D eigenvalue weighted by Gasteiger charge is -2.06. The molecule has 0 aromatic heterocycles. The second-order valence-corrected chi connectivity index (χ2v) is 5.66. The van der Waals surface area contributed by atoms with Crippen LogP contribution < -0.4 is 19.6 Å². The quantitative estimate of drug-likeness (QED) is 0.395. The molecule has 1 aliphatic heterocycles. The highest BCUT2D eigenvalue weighted by molar-refractivity contribution is 8.15. The monoisotopic (exact) mass is 338 g/mol. The number of ether oxygens (including phenoxy) is 2. The van der Waals surface area contributed by atoms with E-state index >= 15 is 0 Å². The molecule has 0 bridgehead atoms. The number of hydrazone groups is 1. The third-order valence-electron chi connectivity index (χ3n) is 2.90. The number of aliphatic hydroxyl groups excluding tert-OH is 1. The Morgan fingerprint density at radius 3 is 2.83 bits per heavy atom. The molecule has 0 saturated heterocycles. The molecule has 122 valence electrons. The molecule has 1 atom stereocenters. The molecule has 1 aromatic carbocycles. The van der Waals surface area contributed by atoms with Crippen molar-refractivity contribution in [1.82, 2.24) is 10.1 Å². The van der Waals surface area contributed by atoms with Crippen molar-refractivity contribution in [3.8, 4) is 11.5 Å². The zero-order valence-electron chi connectivity index (χ0n) is 12.5. The number of methoxy groups -OCH3 is 2. The lowest BCUT2D eigenvalue weighted by atomic mass is 10.2. The minimum absolute atomic E-state index is 0.204. The topological polar surface area (TPSA) is 114 Å². The van der Waals surface area contributed by atoms with E-state index in [9.17, 15) is 9.90 Å². The summed E-state index contributed by atoms with van der Waals surface area (Å²) >= 11 is 1.11. The van der Waals surface area contributed by atoms with Gasteiger partial charge in [0.25, 0.3) is 0 Å². The molecule has 1 aliphatic rings. The van der Waals surface area contributed by atoms with Crippen LogP contribution in [0.1, 0.15) is 12.0 Å². The Balaban J connectivity index is 1.98.